The average Bonchev–Trinajstić information content (AvgIpc) is 3.00. The molecule has 0 amide bonds. The number of allylic oxidation sites excluding steroid dienone is 1. The molecule has 0 saturated heterocycles. The van der Waals surface area contributed by atoms with Crippen LogP contribution in [-0.2, 0) is 0 Å². The lowest BCUT2D eigenvalue weighted by molar-refractivity contribution is 0.420. The number of rotatable bonds is 6. The molecule has 22 heavy (non-hydrogen) atoms. The Bertz CT molecular complexity index is 648. The van der Waals surface area contributed by atoms with Gasteiger partial charge in [0.25, 0.3) is 0 Å². The summed E-state index contributed by atoms with van der Waals surface area (Å²) in [7, 11) is 4.26. The fourth-order valence-electron chi connectivity index (χ4n) is 2.48. The van der Waals surface area contributed by atoms with Crippen molar-refractivity contribution in [3.05, 3.63) is 63.4 Å². The Morgan fingerprint density at radius 2 is 2.00 bits per heavy atom. The zero-order valence-electron chi connectivity index (χ0n) is 14.0. The first-order valence-electron chi connectivity index (χ1n) is 7.73. The van der Waals surface area contributed by atoms with Gasteiger partial charge in [0.15, 0.2) is 0 Å². The summed E-state index contributed by atoms with van der Waals surface area (Å²) >= 11 is 1.82. The summed E-state index contributed by atoms with van der Waals surface area (Å²) in [5.74, 6) is 0. The maximum atomic E-state index is 2.36. The van der Waals surface area contributed by atoms with Crippen molar-refractivity contribution in [3.8, 4) is 0 Å². The third kappa shape index (κ3) is 4.43. The molecule has 0 unspecified atom stereocenters. The van der Waals surface area contributed by atoms with Gasteiger partial charge in [-0.15, -0.1) is 11.3 Å². The van der Waals surface area contributed by atoms with Gasteiger partial charge in [-0.1, -0.05) is 36.4 Å². The Labute approximate surface area is 138 Å². The summed E-state index contributed by atoms with van der Waals surface area (Å²) in [4.78, 5) is 3.61. The molecule has 0 atom stereocenters. The minimum absolute atomic E-state index is 1.06. The number of hydrogen-bond donors (Lipinski definition) is 0. The third-order valence-electron chi connectivity index (χ3n) is 3.69. The first-order valence-corrected chi connectivity index (χ1v) is 8.61. The Hall–Kier alpha value is -1.64. The highest BCUT2D eigenvalue weighted by Gasteiger charge is 2.07. The lowest BCUT2D eigenvalue weighted by Gasteiger charge is -2.13. The highest BCUT2D eigenvalue weighted by atomic mass is 32.1. The van der Waals surface area contributed by atoms with Gasteiger partial charge in [-0.3, -0.25) is 0 Å². The van der Waals surface area contributed by atoms with E-state index in [1.54, 1.807) is 0 Å². The van der Waals surface area contributed by atoms with E-state index in [0.29, 0.717) is 0 Å². The molecule has 1 nitrogen and oxygen atoms in total. The zero-order chi connectivity index (χ0) is 15.9. The van der Waals surface area contributed by atoms with Gasteiger partial charge in [0.05, 0.1) is 0 Å². The van der Waals surface area contributed by atoms with Crippen LogP contribution in [0, 0.1) is 6.92 Å². The fraction of sp³-hybridized carbons (Fsp3) is 0.300. The Morgan fingerprint density at radius 1 is 1.18 bits per heavy atom. The third-order valence-corrected chi connectivity index (χ3v) is 4.63. The second-order valence-electron chi connectivity index (χ2n) is 5.78. The quantitative estimate of drug-likeness (QED) is 0.673. The molecule has 2 heteroatoms. The zero-order valence-corrected chi connectivity index (χ0v) is 14.8. The van der Waals surface area contributed by atoms with E-state index in [2.05, 4.69) is 86.8 Å². The van der Waals surface area contributed by atoms with E-state index in [9.17, 15) is 0 Å². The summed E-state index contributed by atoms with van der Waals surface area (Å²) in [5.41, 5.74) is 5.37. The van der Waals surface area contributed by atoms with Crippen molar-refractivity contribution >= 4 is 29.1 Å². The number of benzene rings is 1. The molecule has 0 bridgehead atoms. The van der Waals surface area contributed by atoms with Crippen molar-refractivity contribution in [1.82, 2.24) is 4.90 Å². The summed E-state index contributed by atoms with van der Waals surface area (Å²) in [5, 5.41) is 2.15. The topological polar surface area (TPSA) is 3.24 Å². The van der Waals surface area contributed by atoms with E-state index < -0.39 is 0 Å². The van der Waals surface area contributed by atoms with Crippen LogP contribution in [0.5, 0.6) is 0 Å². The summed E-state index contributed by atoms with van der Waals surface area (Å²) in [6.07, 6.45) is 7.75. The van der Waals surface area contributed by atoms with Crippen LogP contribution in [0.25, 0.3) is 17.7 Å². The van der Waals surface area contributed by atoms with Gasteiger partial charge in [0.1, 0.15) is 0 Å². The smallest absolute Gasteiger partial charge is 0.0302 e. The van der Waals surface area contributed by atoms with Gasteiger partial charge in [-0.25, -0.2) is 0 Å². The normalized spacial score (nSPS) is 12.5. The minimum atomic E-state index is 1.06. The van der Waals surface area contributed by atoms with Gasteiger partial charge in [-0.05, 0) is 74.1 Å². The van der Waals surface area contributed by atoms with Crippen LogP contribution in [-0.4, -0.2) is 25.5 Å². The monoisotopic (exact) mass is 311 g/mol. The molecule has 0 saturated carbocycles. The van der Waals surface area contributed by atoms with Crippen LogP contribution in [0.1, 0.15) is 34.9 Å². The van der Waals surface area contributed by atoms with E-state index in [4.69, 9.17) is 0 Å². The molecule has 116 valence electrons. The highest BCUT2D eigenvalue weighted by molar-refractivity contribution is 7.11. The maximum Gasteiger partial charge on any atom is 0.0302 e. The van der Waals surface area contributed by atoms with Crippen LogP contribution >= 0.6 is 11.3 Å². The number of thiophene rings is 1. The molecule has 0 radical (unpaired) electrons. The van der Waals surface area contributed by atoms with E-state index in [1.165, 1.54) is 27.1 Å². The van der Waals surface area contributed by atoms with Crippen molar-refractivity contribution < 1.29 is 0 Å². The van der Waals surface area contributed by atoms with Crippen LogP contribution in [0.3, 0.4) is 0 Å². The highest BCUT2D eigenvalue weighted by Crippen LogP contribution is 2.28. The van der Waals surface area contributed by atoms with Crippen LogP contribution < -0.4 is 0 Å². The average molecular weight is 311 g/mol. The number of aryl methyl sites for hydroxylation is 1. The second kappa shape index (κ2) is 8.11. The Morgan fingerprint density at radius 3 is 2.64 bits per heavy atom. The molecular weight excluding hydrogens is 286 g/mol. The van der Waals surface area contributed by atoms with Crippen molar-refractivity contribution in [2.75, 3.05) is 20.6 Å². The SMILES string of the molecule is C/C=C\c1c(C)cccc1/C=C(\CCN(C)C)c1cccs1. The first kappa shape index (κ1) is 16.7. The van der Waals surface area contributed by atoms with Crippen molar-refractivity contribution in [1.29, 1.82) is 0 Å². The minimum Gasteiger partial charge on any atom is -0.309 e. The molecule has 0 aliphatic heterocycles. The summed E-state index contributed by atoms with van der Waals surface area (Å²) < 4.78 is 0. The Kier molecular flexibility index (Phi) is 6.17. The van der Waals surface area contributed by atoms with Gasteiger partial charge >= 0.3 is 0 Å². The van der Waals surface area contributed by atoms with Gasteiger partial charge in [-0.2, -0.15) is 0 Å². The second-order valence-corrected chi connectivity index (χ2v) is 6.73. The molecule has 1 aromatic heterocycles. The van der Waals surface area contributed by atoms with Crippen molar-refractivity contribution in [2.45, 2.75) is 20.3 Å². The van der Waals surface area contributed by atoms with Crippen LogP contribution in [0.15, 0.2) is 41.8 Å². The van der Waals surface area contributed by atoms with Gasteiger partial charge < -0.3 is 4.90 Å². The summed E-state index contributed by atoms with van der Waals surface area (Å²) in [6.45, 7) is 5.32. The van der Waals surface area contributed by atoms with Gasteiger partial charge in [0, 0.05) is 11.4 Å². The fourth-order valence-corrected chi connectivity index (χ4v) is 3.26. The molecule has 2 aromatic rings. The van der Waals surface area contributed by atoms with Crippen molar-refractivity contribution in [2.24, 2.45) is 0 Å². The molecule has 1 aromatic carbocycles. The molecule has 1 heterocycles. The number of nitrogens with zero attached hydrogens (tertiary/aromatic N) is 1. The largest absolute Gasteiger partial charge is 0.309 e. The molecule has 2 rings (SSSR count). The maximum absolute atomic E-state index is 2.36. The molecule has 0 aliphatic rings. The van der Waals surface area contributed by atoms with Crippen LogP contribution in [0.4, 0.5) is 0 Å². The van der Waals surface area contributed by atoms with E-state index in [0.717, 1.165) is 13.0 Å². The molecule has 0 aliphatic carbocycles. The lowest BCUT2D eigenvalue weighted by atomic mass is 9.98. The Balaban J connectivity index is 2.43. The van der Waals surface area contributed by atoms with E-state index >= 15 is 0 Å². The first-order chi connectivity index (χ1) is 10.6. The van der Waals surface area contributed by atoms with E-state index in [1.807, 2.05) is 11.3 Å². The molecule has 0 spiro atoms. The number of hydrogen-bond acceptors (Lipinski definition) is 2. The summed E-state index contributed by atoms with van der Waals surface area (Å²) in [6, 6.07) is 10.9. The molecular formula is C20H25NS. The van der Waals surface area contributed by atoms with E-state index in [-0.39, 0.29) is 0 Å². The molecule has 0 N–H and O–H groups in total. The predicted molar refractivity (Wildman–Crippen MR) is 101 cm³/mol. The lowest BCUT2D eigenvalue weighted by Crippen LogP contribution is -2.13. The molecule has 0 fully saturated rings. The van der Waals surface area contributed by atoms with Gasteiger partial charge in [0.2, 0.25) is 0 Å². The van der Waals surface area contributed by atoms with Crippen molar-refractivity contribution in [3.63, 3.8) is 0 Å². The van der Waals surface area contributed by atoms with Crippen LogP contribution in [0.2, 0.25) is 0 Å². The standard InChI is InChI=1S/C20H25NS/c1-5-8-19-16(2)9-6-10-17(19)15-18(12-13-21(3)4)20-11-7-14-22-20/h5-11,14-15H,12-13H2,1-4H3/b8-5-,18-15+. The predicted octanol–water partition coefficient (Wildman–Crippen LogP) is 5.58.